The van der Waals surface area contributed by atoms with Crippen molar-refractivity contribution in [3.63, 3.8) is 0 Å². The van der Waals surface area contributed by atoms with Crippen molar-refractivity contribution in [1.82, 2.24) is 0 Å². The second-order valence-electron chi connectivity index (χ2n) is 4.56. The van der Waals surface area contributed by atoms with Crippen molar-refractivity contribution >= 4 is 22.9 Å². The summed E-state index contributed by atoms with van der Waals surface area (Å²) < 4.78 is 5.37. The molecule has 22 heavy (non-hydrogen) atoms. The maximum Gasteiger partial charge on any atom is 0.271 e. The highest BCUT2D eigenvalue weighted by Crippen LogP contribution is 2.20. The quantitative estimate of drug-likeness (QED) is 0.389. The highest BCUT2D eigenvalue weighted by atomic mass is 16.6. The number of benzene rings is 2. The Morgan fingerprint density at radius 1 is 1.27 bits per heavy atom. The molecule has 0 saturated heterocycles. The molecule has 2 aromatic carbocycles. The molecule has 0 bridgehead atoms. The summed E-state index contributed by atoms with van der Waals surface area (Å²) in [6.07, 6.45) is 0. The predicted molar refractivity (Wildman–Crippen MR) is 87.1 cm³/mol. The monoisotopic (exact) mass is 299 g/mol. The molecule has 0 aliphatic carbocycles. The summed E-state index contributed by atoms with van der Waals surface area (Å²) in [4.78, 5) is 14.7. The minimum absolute atomic E-state index is 0.0406. The molecule has 0 spiro atoms. The van der Waals surface area contributed by atoms with Crippen LogP contribution in [0.25, 0.3) is 0 Å². The van der Waals surface area contributed by atoms with Gasteiger partial charge in [0.2, 0.25) is 0 Å². The van der Waals surface area contributed by atoms with Crippen LogP contribution < -0.4 is 10.1 Å². The average Bonchev–Trinajstić information content (AvgIpc) is 2.49. The lowest BCUT2D eigenvalue weighted by molar-refractivity contribution is -0.384. The number of aliphatic imine (C=N–C) groups is 1. The minimum Gasteiger partial charge on any atom is -0.494 e. The third-order valence-electron chi connectivity index (χ3n) is 2.83. The predicted octanol–water partition coefficient (Wildman–Crippen LogP) is 4.16. The molecule has 0 aliphatic rings. The van der Waals surface area contributed by atoms with Gasteiger partial charge in [-0.15, -0.1) is 0 Å². The molecule has 0 saturated carbocycles. The van der Waals surface area contributed by atoms with E-state index in [0.717, 1.165) is 11.4 Å². The van der Waals surface area contributed by atoms with Gasteiger partial charge >= 0.3 is 0 Å². The number of nitrogens with zero attached hydrogens (tertiary/aromatic N) is 2. The van der Waals surface area contributed by atoms with Gasteiger partial charge in [-0.1, -0.05) is 6.07 Å². The van der Waals surface area contributed by atoms with Gasteiger partial charge in [-0.3, -0.25) is 10.1 Å². The van der Waals surface area contributed by atoms with Crippen LogP contribution in [0.3, 0.4) is 0 Å². The molecular formula is C16H17N3O3. The minimum atomic E-state index is -0.426. The van der Waals surface area contributed by atoms with Crippen LogP contribution in [0.4, 0.5) is 17.1 Å². The van der Waals surface area contributed by atoms with Gasteiger partial charge in [-0.05, 0) is 44.2 Å². The Bertz CT molecular complexity index is 681. The maximum atomic E-state index is 10.8. The van der Waals surface area contributed by atoms with Gasteiger partial charge in [-0.25, -0.2) is 4.99 Å². The zero-order chi connectivity index (χ0) is 15.9. The molecule has 6 heteroatoms. The van der Waals surface area contributed by atoms with Gasteiger partial charge in [0.1, 0.15) is 11.6 Å². The lowest BCUT2D eigenvalue weighted by Crippen LogP contribution is -2.06. The Morgan fingerprint density at radius 2 is 2.00 bits per heavy atom. The molecular weight excluding hydrogens is 282 g/mol. The van der Waals surface area contributed by atoms with E-state index in [1.165, 1.54) is 12.1 Å². The fraction of sp³-hybridized carbons (Fsp3) is 0.188. The van der Waals surface area contributed by atoms with Crippen molar-refractivity contribution in [3.8, 4) is 5.75 Å². The van der Waals surface area contributed by atoms with Crippen LogP contribution in [0.1, 0.15) is 13.8 Å². The normalized spacial score (nSPS) is 11.1. The van der Waals surface area contributed by atoms with Gasteiger partial charge in [-0.2, -0.15) is 0 Å². The summed E-state index contributed by atoms with van der Waals surface area (Å²) in [5.74, 6) is 1.44. The number of hydrogen-bond donors (Lipinski definition) is 1. The van der Waals surface area contributed by atoms with Gasteiger partial charge in [0.25, 0.3) is 5.69 Å². The van der Waals surface area contributed by atoms with Crippen molar-refractivity contribution in [2.75, 3.05) is 11.9 Å². The molecule has 0 fully saturated rings. The third kappa shape index (κ3) is 4.31. The summed E-state index contributed by atoms with van der Waals surface area (Å²) in [5.41, 5.74) is 1.44. The van der Waals surface area contributed by atoms with Gasteiger partial charge < -0.3 is 10.1 Å². The molecule has 2 rings (SSSR count). The molecule has 0 heterocycles. The Hall–Kier alpha value is -2.89. The molecule has 6 nitrogen and oxygen atoms in total. The second kappa shape index (κ2) is 7.21. The van der Waals surface area contributed by atoms with Crippen LogP contribution >= 0.6 is 0 Å². The van der Waals surface area contributed by atoms with Gasteiger partial charge in [0.15, 0.2) is 0 Å². The molecule has 0 radical (unpaired) electrons. The van der Waals surface area contributed by atoms with Crippen LogP contribution in [0.5, 0.6) is 5.75 Å². The van der Waals surface area contributed by atoms with Crippen LogP contribution in [0.15, 0.2) is 53.5 Å². The Morgan fingerprint density at radius 3 is 2.64 bits per heavy atom. The number of hydrogen-bond acceptors (Lipinski definition) is 4. The maximum absolute atomic E-state index is 10.8. The first kappa shape index (κ1) is 15.5. The van der Waals surface area contributed by atoms with E-state index in [1.807, 2.05) is 31.2 Å². The Labute approximate surface area is 128 Å². The molecule has 1 N–H and O–H groups in total. The van der Waals surface area contributed by atoms with Gasteiger partial charge in [0, 0.05) is 17.8 Å². The van der Waals surface area contributed by atoms with Crippen molar-refractivity contribution in [2.24, 2.45) is 4.99 Å². The fourth-order valence-electron chi connectivity index (χ4n) is 1.91. The van der Waals surface area contributed by atoms with E-state index in [2.05, 4.69) is 10.3 Å². The highest BCUT2D eigenvalue weighted by Gasteiger charge is 2.05. The smallest absolute Gasteiger partial charge is 0.271 e. The number of ether oxygens (including phenoxy) is 1. The van der Waals surface area contributed by atoms with Crippen molar-refractivity contribution < 1.29 is 9.66 Å². The number of nitro benzene ring substituents is 1. The number of amidine groups is 1. The summed E-state index contributed by atoms with van der Waals surface area (Å²) in [5, 5.41) is 13.8. The van der Waals surface area contributed by atoms with Crippen LogP contribution in [0.2, 0.25) is 0 Å². The topological polar surface area (TPSA) is 76.8 Å². The number of nitro groups is 1. The first-order chi connectivity index (χ1) is 10.6. The number of rotatable bonds is 5. The van der Waals surface area contributed by atoms with E-state index < -0.39 is 4.92 Å². The second-order valence-corrected chi connectivity index (χ2v) is 4.56. The molecule has 0 amide bonds. The Balaban J connectivity index is 2.09. The van der Waals surface area contributed by atoms with E-state index in [4.69, 9.17) is 4.74 Å². The SMILES string of the molecule is CCOc1ccc(N=C(C)Nc2cccc([N+](=O)[O-])c2)cc1. The van der Waals surface area contributed by atoms with Crippen molar-refractivity contribution in [1.29, 1.82) is 0 Å². The third-order valence-corrected chi connectivity index (χ3v) is 2.83. The molecule has 0 atom stereocenters. The van der Waals surface area contributed by atoms with Crippen LogP contribution in [-0.4, -0.2) is 17.4 Å². The largest absolute Gasteiger partial charge is 0.494 e. The molecule has 0 aromatic heterocycles. The van der Waals surface area contributed by atoms with Crippen LogP contribution in [-0.2, 0) is 0 Å². The summed E-state index contributed by atoms with van der Waals surface area (Å²) in [6, 6.07) is 13.7. The molecule has 2 aromatic rings. The van der Waals surface area contributed by atoms with E-state index in [-0.39, 0.29) is 5.69 Å². The zero-order valence-electron chi connectivity index (χ0n) is 12.4. The average molecular weight is 299 g/mol. The number of anilines is 1. The van der Waals surface area contributed by atoms with Gasteiger partial charge in [0.05, 0.1) is 17.2 Å². The van der Waals surface area contributed by atoms with Crippen molar-refractivity contribution in [2.45, 2.75) is 13.8 Å². The van der Waals surface area contributed by atoms with E-state index in [0.29, 0.717) is 18.1 Å². The highest BCUT2D eigenvalue weighted by molar-refractivity contribution is 5.95. The summed E-state index contributed by atoms with van der Waals surface area (Å²) >= 11 is 0. The molecule has 0 unspecified atom stereocenters. The van der Waals surface area contributed by atoms with E-state index in [1.54, 1.807) is 19.1 Å². The summed E-state index contributed by atoms with van der Waals surface area (Å²) in [7, 11) is 0. The lowest BCUT2D eigenvalue weighted by atomic mass is 10.3. The van der Waals surface area contributed by atoms with E-state index in [9.17, 15) is 10.1 Å². The summed E-state index contributed by atoms with van der Waals surface area (Å²) in [6.45, 7) is 4.35. The standard InChI is InChI=1S/C16H17N3O3/c1-3-22-16-9-7-13(8-10-16)17-12(2)18-14-5-4-6-15(11-14)19(20)21/h4-11H,3H2,1-2H3,(H,17,18). The number of non-ortho nitro benzene ring substituents is 1. The number of nitrogens with one attached hydrogen (secondary N) is 1. The first-order valence-corrected chi connectivity index (χ1v) is 6.88. The van der Waals surface area contributed by atoms with Crippen molar-refractivity contribution in [3.05, 3.63) is 58.6 Å². The molecule has 114 valence electrons. The zero-order valence-corrected chi connectivity index (χ0v) is 12.4. The fourth-order valence-corrected chi connectivity index (χ4v) is 1.91. The van der Waals surface area contributed by atoms with E-state index >= 15 is 0 Å². The lowest BCUT2D eigenvalue weighted by Gasteiger charge is -2.06. The molecule has 0 aliphatic heterocycles. The van der Waals surface area contributed by atoms with Crippen LogP contribution in [0, 0.1) is 10.1 Å². The first-order valence-electron chi connectivity index (χ1n) is 6.88. The Kier molecular flexibility index (Phi) is 5.08.